The Labute approximate surface area is 99.6 Å². The Morgan fingerprint density at radius 3 is 2.82 bits per heavy atom. The average molecular weight is 239 g/mol. The third-order valence-corrected chi connectivity index (χ3v) is 2.36. The molecule has 0 aromatic heterocycles. The van der Waals surface area contributed by atoms with Crippen molar-refractivity contribution in [3.63, 3.8) is 0 Å². The minimum atomic E-state index is -0.479. The Morgan fingerprint density at radius 1 is 1.59 bits per heavy atom. The predicted molar refractivity (Wildman–Crippen MR) is 66.9 cm³/mol. The monoisotopic (exact) mass is 239 g/mol. The number of benzene rings is 1. The van der Waals surface area contributed by atoms with Gasteiger partial charge in [0.05, 0.1) is 22.4 Å². The fourth-order valence-corrected chi connectivity index (χ4v) is 1.45. The van der Waals surface area contributed by atoms with Crippen LogP contribution in [-0.2, 0) is 0 Å². The summed E-state index contributed by atoms with van der Waals surface area (Å²) in [7, 11) is 0. The van der Waals surface area contributed by atoms with Crippen molar-refractivity contribution in [2.45, 2.75) is 25.9 Å². The zero-order chi connectivity index (χ0) is 12.8. The number of nitrogen functional groups attached to an aromatic ring is 1. The Hall–Kier alpha value is -1.82. The highest BCUT2D eigenvalue weighted by Crippen LogP contribution is 2.23. The summed E-state index contributed by atoms with van der Waals surface area (Å²) in [5.41, 5.74) is 6.71. The molecule has 0 radical (unpaired) electrons. The smallest absolute Gasteiger partial charge is 0.271 e. The SMILES string of the molecule is CC(O)CCCNc1ccc([N+](=O)[O-])cc1N. The molecule has 1 aromatic rings. The van der Waals surface area contributed by atoms with Gasteiger partial charge in [-0.05, 0) is 25.8 Å². The quantitative estimate of drug-likeness (QED) is 0.304. The molecule has 0 aliphatic carbocycles. The maximum absolute atomic E-state index is 10.5. The molecule has 0 aliphatic rings. The van der Waals surface area contributed by atoms with E-state index in [0.717, 1.165) is 6.42 Å². The lowest BCUT2D eigenvalue weighted by Gasteiger charge is -2.09. The van der Waals surface area contributed by atoms with E-state index in [1.807, 2.05) is 0 Å². The van der Waals surface area contributed by atoms with Gasteiger partial charge in [-0.2, -0.15) is 0 Å². The second-order valence-corrected chi connectivity index (χ2v) is 3.95. The van der Waals surface area contributed by atoms with Crippen molar-refractivity contribution in [3.8, 4) is 0 Å². The number of nitro benzene ring substituents is 1. The van der Waals surface area contributed by atoms with Crippen molar-refractivity contribution in [1.29, 1.82) is 0 Å². The summed E-state index contributed by atoms with van der Waals surface area (Å²) in [6.45, 7) is 2.41. The summed E-state index contributed by atoms with van der Waals surface area (Å²) in [4.78, 5) is 10.0. The number of aliphatic hydroxyl groups excluding tert-OH is 1. The van der Waals surface area contributed by atoms with E-state index in [2.05, 4.69) is 5.32 Å². The molecule has 1 atom stereocenters. The first-order valence-electron chi connectivity index (χ1n) is 5.46. The summed E-state index contributed by atoms with van der Waals surface area (Å²) < 4.78 is 0. The van der Waals surface area contributed by atoms with Crippen molar-refractivity contribution in [2.75, 3.05) is 17.6 Å². The topological polar surface area (TPSA) is 101 Å². The van der Waals surface area contributed by atoms with Crippen LogP contribution in [0.15, 0.2) is 18.2 Å². The molecule has 0 saturated carbocycles. The summed E-state index contributed by atoms with van der Waals surface area (Å²) >= 11 is 0. The minimum absolute atomic E-state index is 0.0166. The molecule has 94 valence electrons. The molecule has 6 heteroatoms. The maximum Gasteiger partial charge on any atom is 0.271 e. The molecule has 17 heavy (non-hydrogen) atoms. The average Bonchev–Trinajstić information content (AvgIpc) is 2.25. The highest BCUT2D eigenvalue weighted by molar-refractivity contribution is 5.69. The number of nitrogens with two attached hydrogens (primary N) is 1. The minimum Gasteiger partial charge on any atom is -0.397 e. The van der Waals surface area contributed by atoms with Crippen molar-refractivity contribution < 1.29 is 10.0 Å². The van der Waals surface area contributed by atoms with Crippen molar-refractivity contribution in [1.82, 2.24) is 0 Å². The largest absolute Gasteiger partial charge is 0.397 e. The van der Waals surface area contributed by atoms with E-state index in [0.29, 0.717) is 24.3 Å². The van der Waals surface area contributed by atoms with E-state index in [-0.39, 0.29) is 11.8 Å². The number of hydrogen-bond donors (Lipinski definition) is 3. The summed E-state index contributed by atoms with van der Waals surface area (Å²) in [6, 6.07) is 4.33. The Kier molecular flexibility index (Phi) is 4.71. The van der Waals surface area contributed by atoms with Crippen LogP contribution < -0.4 is 11.1 Å². The van der Waals surface area contributed by atoms with Crippen LogP contribution >= 0.6 is 0 Å². The van der Waals surface area contributed by atoms with Gasteiger partial charge in [0.2, 0.25) is 0 Å². The molecule has 0 fully saturated rings. The van der Waals surface area contributed by atoms with E-state index in [1.54, 1.807) is 13.0 Å². The van der Waals surface area contributed by atoms with Gasteiger partial charge in [-0.25, -0.2) is 0 Å². The van der Waals surface area contributed by atoms with Gasteiger partial charge < -0.3 is 16.2 Å². The lowest BCUT2D eigenvalue weighted by molar-refractivity contribution is -0.384. The van der Waals surface area contributed by atoms with Crippen LogP contribution in [0.3, 0.4) is 0 Å². The maximum atomic E-state index is 10.5. The summed E-state index contributed by atoms with van der Waals surface area (Å²) in [6.07, 6.45) is 1.21. The molecule has 1 rings (SSSR count). The van der Waals surface area contributed by atoms with Crippen molar-refractivity contribution in [3.05, 3.63) is 28.3 Å². The summed E-state index contributed by atoms with van der Waals surface area (Å²) in [5, 5.41) is 22.7. The molecule has 0 saturated heterocycles. The first-order chi connectivity index (χ1) is 8.00. The molecule has 0 amide bonds. The molecular weight excluding hydrogens is 222 g/mol. The highest BCUT2D eigenvalue weighted by Gasteiger charge is 2.08. The molecular formula is C11H17N3O3. The number of hydrogen-bond acceptors (Lipinski definition) is 5. The molecule has 4 N–H and O–H groups in total. The Morgan fingerprint density at radius 2 is 2.29 bits per heavy atom. The molecule has 0 spiro atoms. The van der Waals surface area contributed by atoms with Crippen LogP contribution in [0, 0.1) is 10.1 Å². The Bertz CT molecular complexity index is 394. The van der Waals surface area contributed by atoms with E-state index < -0.39 is 4.92 Å². The van der Waals surface area contributed by atoms with Gasteiger partial charge >= 0.3 is 0 Å². The highest BCUT2D eigenvalue weighted by atomic mass is 16.6. The standard InChI is InChI=1S/C11H17N3O3/c1-8(15)3-2-6-13-11-5-4-9(14(16)17)7-10(11)12/h4-5,7-8,13,15H,2-3,6,12H2,1H3. The summed E-state index contributed by atoms with van der Waals surface area (Å²) in [5.74, 6) is 0. The number of non-ortho nitro benzene ring substituents is 1. The number of aliphatic hydroxyl groups is 1. The van der Waals surface area contributed by atoms with Gasteiger partial charge in [0, 0.05) is 18.7 Å². The fourth-order valence-electron chi connectivity index (χ4n) is 1.45. The number of nitrogens with zero attached hydrogens (tertiary/aromatic N) is 1. The van der Waals surface area contributed by atoms with Gasteiger partial charge in [0.1, 0.15) is 0 Å². The Balaban J connectivity index is 2.52. The van der Waals surface area contributed by atoms with Crippen LogP contribution in [0.1, 0.15) is 19.8 Å². The lowest BCUT2D eigenvalue weighted by Crippen LogP contribution is -2.08. The van der Waals surface area contributed by atoms with Crippen LogP contribution in [-0.4, -0.2) is 22.7 Å². The second kappa shape index (κ2) is 6.05. The van der Waals surface area contributed by atoms with E-state index in [1.165, 1.54) is 12.1 Å². The number of rotatable bonds is 6. The molecule has 1 unspecified atom stereocenters. The fraction of sp³-hybridized carbons (Fsp3) is 0.455. The van der Waals surface area contributed by atoms with Gasteiger partial charge in [0.15, 0.2) is 0 Å². The normalized spacial score (nSPS) is 12.1. The molecule has 0 bridgehead atoms. The predicted octanol–water partition coefficient (Wildman–Crippen LogP) is 1.75. The first kappa shape index (κ1) is 13.2. The van der Waals surface area contributed by atoms with E-state index in [4.69, 9.17) is 10.8 Å². The van der Waals surface area contributed by atoms with Gasteiger partial charge in [-0.15, -0.1) is 0 Å². The van der Waals surface area contributed by atoms with E-state index >= 15 is 0 Å². The number of nitrogens with one attached hydrogen (secondary N) is 1. The van der Waals surface area contributed by atoms with Gasteiger partial charge in [-0.1, -0.05) is 0 Å². The van der Waals surface area contributed by atoms with Crippen LogP contribution in [0.25, 0.3) is 0 Å². The van der Waals surface area contributed by atoms with Gasteiger partial charge in [-0.3, -0.25) is 10.1 Å². The van der Waals surface area contributed by atoms with E-state index in [9.17, 15) is 10.1 Å². The zero-order valence-corrected chi connectivity index (χ0v) is 9.72. The second-order valence-electron chi connectivity index (χ2n) is 3.95. The lowest BCUT2D eigenvalue weighted by atomic mass is 10.2. The van der Waals surface area contributed by atoms with Crippen LogP contribution in [0.2, 0.25) is 0 Å². The molecule has 1 aromatic carbocycles. The van der Waals surface area contributed by atoms with Crippen LogP contribution in [0.5, 0.6) is 0 Å². The number of anilines is 2. The third-order valence-electron chi connectivity index (χ3n) is 2.36. The zero-order valence-electron chi connectivity index (χ0n) is 9.72. The third kappa shape index (κ3) is 4.28. The van der Waals surface area contributed by atoms with Crippen LogP contribution in [0.4, 0.5) is 17.1 Å². The molecule has 6 nitrogen and oxygen atoms in total. The van der Waals surface area contributed by atoms with Crippen molar-refractivity contribution >= 4 is 17.1 Å². The first-order valence-corrected chi connectivity index (χ1v) is 5.46. The molecule has 0 aliphatic heterocycles. The number of nitro groups is 1. The van der Waals surface area contributed by atoms with Crippen molar-refractivity contribution in [2.24, 2.45) is 0 Å². The molecule has 0 heterocycles. The van der Waals surface area contributed by atoms with Gasteiger partial charge in [0.25, 0.3) is 5.69 Å².